The molecular formula is C16H20N2O. The lowest BCUT2D eigenvalue weighted by Gasteiger charge is -2.17. The van der Waals surface area contributed by atoms with E-state index < -0.39 is 0 Å². The molecule has 3 nitrogen and oxygen atoms in total. The van der Waals surface area contributed by atoms with Gasteiger partial charge in [-0.2, -0.15) is 0 Å². The predicted octanol–water partition coefficient (Wildman–Crippen LogP) is 2.98. The fourth-order valence-electron chi connectivity index (χ4n) is 2.10. The second-order valence-electron chi connectivity index (χ2n) is 4.49. The summed E-state index contributed by atoms with van der Waals surface area (Å²) in [6.45, 7) is 3.05. The Balaban J connectivity index is 1.89. The third kappa shape index (κ3) is 3.80. The Bertz CT molecular complexity index is 499. The Morgan fingerprint density at radius 3 is 2.68 bits per heavy atom. The number of hydrogen-bond acceptors (Lipinski definition) is 3. The van der Waals surface area contributed by atoms with Gasteiger partial charge in [-0.1, -0.05) is 24.3 Å². The Morgan fingerprint density at radius 1 is 1.16 bits per heavy atom. The van der Waals surface area contributed by atoms with E-state index in [-0.39, 0.29) is 6.04 Å². The van der Waals surface area contributed by atoms with E-state index in [1.54, 1.807) is 7.11 Å². The summed E-state index contributed by atoms with van der Waals surface area (Å²) in [7, 11) is 1.71. The Labute approximate surface area is 114 Å². The van der Waals surface area contributed by atoms with Crippen molar-refractivity contribution in [3.8, 4) is 5.75 Å². The number of nitrogens with zero attached hydrogens (tertiary/aromatic N) is 1. The Kier molecular flexibility index (Phi) is 4.93. The molecule has 1 atom stereocenters. The van der Waals surface area contributed by atoms with Gasteiger partial charge in [0, 0.05) is 36.5 Å². The number of aromatic nitrogens is 1. The number of benzene rings is 1. The van der Waals surface area contributed by atoms with Crippen LogP contribution in [-0.2, 0) is 6.42 Å². The molecule has 1 unspecified atom stereocenters. The smallest absolute Gasteiger partial charge is 0.123 e. The van der Waals surface area contributed by atoms with E-state index in [1.165, 1.54) is 5.56 Å². The van der Waals surface area contributed by atoms with Gasteiger partial charge >= 0.3 is 0 Å². The lowest BCUT2D eigenvalue weighted by molar-refractivity contribution is 0.402. The third-order valence-electron chi connectivity index (χ3n) is 3.16. The van der Waals surface area contributed by atoms with E-state index >= 15 is 0 Å². The molecule has 0 amide bonds. The fraction of sp³-hybridized carbons (Fsp3) is 0.312. The maximum absolute atomic E-state index is 5.38. The first-order valence-electron chi connectivity index (χ1n) is 6.57. The van der Waals surface area contributed by atoms with Crippen LogP contribution in [0.2, 0.25) is 0 Å². The Morgan fingerprint density at radius 2 is 1.95 bits per heavy atom. The van der Waals surface area contributed by atoms with Crippen LogP contribution in [-0.4, -0.2) is 18.6 Å². The van der Waals surface area contributed by atoms with Crippen molar-refractivity contribution in [2.24, 2.45) is 0 Å². The quantitative estimate of drug-likeness (QED) is 0.862. The molecule has 1 N–H and O–H groups in total. The number of methoxy groups -OCH3 is 1. The zero-order valence-corrected chi connectivity index (χ0v) is 11.5. The maximum atomic E-state index is 5.38. The van der Waals surface area contributed by atoms with Crippen molar-refractivity contribution >= 4 is 0 Å². The first-order valence-corrected chi connectivity index (χ1v) is 6.57. The largest absolute Gasteiger partial charge is 0.496 e. The van der Waals surface area contributed by atoms with Gasteiger partial charge < -0.3 is 10.1 Å². The topological polar surface area (TPSA) is 34.1 Å². The van der Waals surface area contributed by atoms with Crippen LogP contribution in [0.25, 0.3) is 0 Å². The van der Waals surface area contributed by atoms with E-state index in [4.69, 9.17) is 4.74 Å². The summed E-state index contributed by atoms with van der Waals surface area (Å²) in [4.78, 5) is 4.32. The average molecular weight is 256 g/mol. The number of rotatable bonds is 6. The molecule has 1 aromatic heterocycles. The van der Waals surface area contributed by atoms with E-state index in [1.807, 2.05) is 36.5 Å². The van der Waals surface area contributed by atoms with E-state index in [2.05, 4.69) is 29.4 Å². The molecule has 2 rings (SSSR count). The normalized spacial score (nSPS) is 12.1. The van der Waals surface area contributed by atoms with Crippen molar-refractivity contribution in [3.63, 3.8) is 0 Å². The molecule has 0 spiro atoms. The van der Waals surface area contributed by atoms with E-state index in [0.717, 1.165) is 24.4 Å². The number of para-hydroxylation sites is 1. The van der Waals surface area contributed by atoms with Crippen LogP contribution >= 0.6 is 0 Å². The van der Waals surface area contributed by atoms with Crippen molar-refractivity contribution in [1.29, 1.82) is 0 Å². The van der Waals surface area contributed by atoms with Crippen LogP contribution in [0, 0.1) is 0 Å². The second-order valence-corrected chi connectivity index (χ2v) is 4.49. The standard InChI is InChI=1S/C16H20N2O/c1-13(15-8-3-4-9-16(15)19-2)17-12-10-14-7-5-6-11-18-14/h3-9,11,13,17H,10,12H2,1-2H3. The molecule has 1 heterocycles. The molecule has 0 aliphatic heterocycles. The predicted molar refractivity (Wildman–Crippen MR) is 77.4 cm³/mol. The lowest BCUT2D eigenvalue weighted by Crippen LogP contribution is -2.22. The van der Waals surface area contributed by atoms with Gasteiger partial charge in [0.25, 0.3) is 0 Å². The summed E-state index contributed by atoms with van der Waals surface area (Å²) >= 11 is 0. The lowest BCUT2D eigenvalue weighted by atomic mass is 10.1. The van der Waals surface area contributed by atoms with Crippen LogP contribution in [0.4, 0.5) is 0 Å². The van der Waals surface area contributed by atoms with Crippen molar-refractivity contribution < 1.29 is 4.74 Å². The maximum Gasteiger partial charge on any atom is 0.123 e. The SMILES string of the molecule is COc1ccccc1C(C)NCCc1ccccn1. The summed E-state index contributed by atoms with van der Waals surface area (Å²) in [5.74, 6) is 0.931. The van der Waals surface area contributed by atoms with Crippen LogP contribution in [0.5, 0.6) is 5.75 Å². The van der Waals surface area contributed by atoms with Crippen LogP contribution < -0.4 is 10.1 Å². The molecule has 0 fully saturated rings. The molecule has 0 saturated heterocycles. The number of pyridine rings is 1. The minimum atomic E-state index is 0.264. The average Bonchev–Trinajstić information content (AvgIpc) is 2.48. The van der Waals surface area contributed by atoms with Crippen molar-refractivity contribution in [3.05, 3.63) is 59.9 Å². The van der Waals surface area contributed by atoms with Crippen LogP contribution in [0.15, 0.2) is 48.7 Å². The van der Waals surface area contributed by atoms with Gasteiger partial charge in [-0.05, 0) is 25.1 Å². The minimum absolute atomic E-state index is 0.264. The number of ether oxygens (including phenoxy) is 1. The van der Waals surface area contributed by atoms with Gasteiger partial charge in [0.05, 0.1) is 7.11 Å². The first kappa shape index (κ1) is 13.6. The highest BCUT2D eigenvalue weighted by atomic mass is 16.5. The zero-order chi connectivity index (χ0) is 13.5. The summed E-state index contributed by atoms with van der Waals surface area (Å²) in [6, 6.07) is 14.4. The monoisotopic (exact) mass is 256 g/mol. The molecule has 1 aromatic carbocycles. The molecule has 19 heavy (non-hydrogen) atoms. The summed E-state index contributed by atoms with van der Waals surface area (Å²) < 4.78 is 5.38. The molecule has 0 radical (unpaired) electrons. The molecule has 3 heteroatoms. The molecule has 0 aliphatic carbocycles. The first-order chi connectivity index (χ1) is 9.31. The minimum Gasteiger partial charge on any atom is -0.496 e. The number of nitrogens with one attached hydrogen (secondary N) is 1. The van der Waals surface area contributed by atoms with E-state index in [9.17, 15) is 0 Å². The summed E-state index contributed by atoms with van der Waals surface area (Å²) in [5, 5.41) is 3.50. The molecule has 0 bridgehead atoms. The van der Waals surface area contributed by atoms with Gasteiger partial charge in [-0.3, -0.25) is 4.98 Å². The summed E-state index contributed by atoms with van der Waals surface area (Å²) in [5.41, 5.74) is 2.30. The highest BCUT2D eigenvalue weighted by Crippen LogP contribution is 2.24. The van der Waals surface area contributed by atoms with Crippen LogP contribution in [0.1, 0.15) is 24.2 Å². The van der Waals surface area contributed by atoms with Gasteiger partial charge in [0.2, 0.25) is 0 Å². The molecule has 2 aromatic rings. The Hall–Kier alpha value is -1.87. The highest BCUT2D eigenvalue weighted by molar-refractivity contribution is 5.35. The van der Waals surface area contributed by atoms with Gasteiger partial charge in [0.15, 0.2) is 0 Å². The van der Waals surface area contributed by atoms with Gasteiger partial charge in [-0.15, -0.1) is 0 Å². The van der Waals surface area contributed by atoms with Crippen molar-refractivity contribution in [1.82, 2.24) is 10.3 Å². The molecule has 0 aliphatic rings. The van der Waals surface area contributed by atoms with Gasteiger partial charge in [-0.25, -0.2) is 0 Å². The second kappa shape index (κ2) is 6.90. The van der Waals surface area contributed by atoms with Crippen LogP contribution in [0.3, 0.4) is 0 Å². The number of hydrogen-bond donors (Lipinski definition) is 1. The van der Waals surface area contributed by atoms with Crippen molar-refractivity contribution in [2.75, 3.05) is 13.7 Å². The zero-order valence-electron chi connectivity index (χ0n) is 11.5. The van der Waals surface area contributed by atoms with E-state index in [0.29, 0.717) is 0 Å². The highest BCUT2D eigenvalue weighted by Gasteiger charge is 2.09. The molecular weight excluding hydrogens is 236 g/mol. The van der Waals surface area contributed by atoms with Crippen molar-refractivity contribution in [2.45, 2.75) is 19.4 Å². The summed E-state index contributed by atoms with van der Waals surface area (Å²) in [6.07, 6.45) is 2.76. The third-order valence-corrected chi connectivity index (χ3v) is 3.16. The fourth-order valence-corrected chi connectivity index (χ4v) is 2.10. The molecule has 0 saturated carbocycles. The molecule has 100 valence electrons. The van der Waals surface area contributed by atoms with Gasteiger partial charge in [0.1, 0.15) is 5.75 Å².